The normalized spacial score (nSPS) is 10.7. The second kappa shape index (κ2) is 6.42. The van der Waals surface area contributed by atoms with Crippen LogP contribution < -0.4 is 5.32 Å². The molecule has 0 radical (unpaired) electrons. The number of nitrogens with one attached hydrogen (secondary N) is 1. The molecule has 0 bridgehead atoms. The van der Waals surface area contributed by atoms with Crippen molar-refractivity contribution in [2.75, 3.05) is 5.32 Å². The van der Waals surface area contributed by atoms with E-state index >= 15 is 0 Å². The number of hydrogen-bond acceptors (Lipinski definition) is 5. The Morgan fingerprint density at radius 2 is 1.91 bits per heavy atom. The Morgan fingerprint density at radius 1 is 1.14 bits per heavy atom. The van der Waals surface area contributed by atoms with Crippen LogP contribution in [0.2, 0.25) is 5.15 Å². The highest BCUT2D eigenvalue weighted by Gasteiger charge is 2.04. The van der Waals surface area contributed by atoms with Gasteiger partial charge in [-0.1, -0.05) is 30.7 Å². The third kappa shape index (κ3) is 3.43. The van der Waals surface area contributed by atoms with E-state index in [9.17, 15) is 0 Å². The van der Waals surface area contributed by atoms with Crippen molar-refractivity contribution in [2.24, 2.45) is 0 Å². The van der Waals surface area contributed by atoms with E-state index < -0.39 is 0 Å². The van der Waals surface area contributed by atoms with E-state index in [1.807, 2.05) is 38.1 Å². The third-order valence-electron chi connectivity index (χ3n) is 3.13. The van der Waals surface area contributed by atoms with Crippen LogP contribution >= 0.6 is 22.9 Å². The molecule has 6 heteroatoms. The van der Waals surface area contributed by atoms with E-state index in [2.05, 4.69) is 25.6 Å². The summed E-state index contributed by atoms with van der Waals surface area (Å²) in [5, 5.41) is 6.83. The first-order valence-corrected chi connectivity index (χ1v) is 8.23. The summed E-state index contributed by atoms with van der Waals surface area (Å²) in [7, 11) is 0. The molecule has 0 aliphatic carbocycles. The van der Waals surface area contributed by atoms with Gasteiger partial charge in [-0.2, -0.15) is 0 Å². The van der Waals surface area contributed by atoms with E-state index in [1.165, 1.54) is 0 Å². The number of aryl methyl sites for hydroxylation is 2. The largest absolute Gasteiger partial charge is 0.340 e. The second-order valence-corrected chi connectivity index (χ2v) is 6.25. The maximum atomic E-state index is 6.00. The van der Waals surface area contributed by atoms with Gasteiger partial charge in [0.1, 0.15) is 16.8 Å². The highest BCUT2D eigenvalue weighted by Crippen LogP contribution is 2.24. The molecule has 0 unspecified atom stereocenters. The van der Waals surface area contributed by atoms with Gasteiger partial charge in [0.2, 0.25) is 0 Å². The predicted octanol–water partition coefficient (Wildman–Crippen LogP) is 4.87. The molecular weight excluding hydrogens is 316 g/mol. The molecule has 1 aromatic carbocycles. The zero-order valence-electron chi connectivity index (χ0n) is 12.3. The molecule has 0 saturated carbocycles. The molecule has 2 aromatic heterocycles. The number of anilines is 2. The van der Waals surface area contributed by atoms with Crippen LogP contribution in [-0.4, -0.2) is 15.0 Å². The first-order chi connectivity index (χ1) is 10.6. The van der Waals surface area contributed by atoms with Crippen LogP contribution in [0.25, 0.3) is 11.3 Å². The fourth-order valence-electron chi connectivity index (χ4n) is 2.06. The van der Waals surface area contributed by atoms with E-state index in [4.69, 9.17) is 11.6 Å². The minimum atomic E-state index is 0.448. The second-order valence-electron chi connectivity index (χ2n) is 4.80. The molecule has 0 aliphatic heterocycles. The highest BCUT2D eigenvalue weighted by atomic mass is 35.5. The van der Waals surface area contributed by atoms with Gasteiger partial charge in [0.05, 0.1) is 10.7 Å². The van der Waals surface area contributed by atoms with Crippen LogP contribution in [0, 0.1) is 6.92 Å². The first kappa shape index (κ1) is 14.9. The van der Waals surface area contributed by atoms with Crippen molar-refractivity contribution in [3.05, 3.63) is 51.7 Å². The maximum absolute atomic E-state index is 6.00. The third-order valence-corrected chi connectivity index (χ3v) is 4.10. The van der Waals surface area contributed by atoms with Crippen LogP contribution in [0.3, 0.4) is 0 Å². The zero-order valence-corrected chi connectivity index (χ0v) is 13.9. The van der Waals surface area contributed by atoms with Crippen LogP contribution in [0.5, 0.6) is 0 Å². The van der Waals surface area contributed by atoms with Gasteiger partial charge >= 0.3 is 0 Å². The predicted molar refractivity (Wildman–Crippen MR) is 92.0 cm³/mol. The Morgan fingerprint density at radius 3 is 2.55 bits per heavy atom. The van der Waals surface area contributed by atoms with E-state index in [-0.39, 0.29) is 0 Å². The highest BCUT2D eigenvalue weighted by molar-refractivity contribution is 7.09. The smallest absolute Gasteiger partial charge is 0.135 e. The fourth-order valence-corrected chi connectivity index (χ4v) is 2.88. The molecule has 0 atom stereocenters. The van der Waals surface area contributed by atoms with Crippen molar-refractivity contribution in [2.45, 2.75) is 20.3 Å². The maximum Gasteiger partial charge on any atom is 0.135 e. The van der Waals surface area contributed by atoms with Crippen molar-refractivity contribution >= 4 is 34.4 Å². The number of halogens is 1. The SMILES string of the molecule is CCc1nc(Cl)cc(Nc2ccc(-c3csc(C)n3)cc2)n1. The molecule has 4 nitrogen and oxygen atoms in total. The van der Waals surface area contributed by atoms with Crippen LogP contribution in [0.4, 0.5) is 11.5 Å². The van der Waals surface area contributed by atoms with Gasteiger partial charge in [-0.15, -0.1) is 11.3 Å². The summed E-state index contributed by atoms with van der Waals surface area (Å²) in [4.78, 5) is 13.1. The number of aromatic nitrogens is 3. The quantitative estimate of drug-likeness (QED) is 0.693. The molecule has 0 fully saturated rings. The summed E-state index contributed by atoms with van der Waals surface area (Å²) in [5.74, 6) is 1.43. The molecule has 1 N–H and O–H groups in total. The summed E-state index contributed by atoms with van der Waals surface area (Å²) in [6.45, 7) is 4.01. The topological polar surface area (TPSA) is 50.7 Å². The van der Waals surface area contributed by atoms with Gasteiger partial charge in [-0.25, -0.2) is 15.0 Å². The summed E-state index contributed by atoms with van der Waals surface area (Å²) < 4.78 is 0. The molecule has 0 amide bonds. The average molecular weight is 331 g/mol. The van der Waals surface area contributed by atoms with Crippen molar-refractivity contribution in [1.82, 2.24) is 15.0 Å². The van der Waals surface area contributed by atoms with Gasteiger partial charge in [-0.05, 0) is 19.1 Å². The monoisotopic (exact) mass is 330 g/mol. The van der Waals surface area contributed by atoms with Crippen molar-refractivity contribution in [1.29, 1.82) is 0 Å². The zero-order chi connectivity index (χ0) is 15.5. The molecule has 2 heterocycles. The first-order valence-electron chi connectivity index (χ1n) is 6.97. The van der Waals surface area contributed by atoms with Crippen LogP contribution in [-0.2, 0) is 6.42 Å². The Hall–Kier alpha value is -1.98. The van der Waals surface area contributed by atoms with Gasteiger partial charge in [0, 0.05) is 29.1 Å². The number of thiazole rings is 1. The lowest BCUT2D eigenvalue weighted by molar-refractivity contribution is 0.943. The Labute approximate surface area is 138 Å². The average Bonchev–Trinajstić information content (AvgIpc) is 2.94. The summed E-state index contributed by atoms with van der Waals surface area (Å²) in [6, 6.07) is 9.82. The Balaban J connectivity index is 1.80. The number of rotatable bonds is 4. The number of hydrogen-bond donors (Lipinski definition) is 1. The number of benzene rings is 1. The molecule has 0 aliphatic rings. The Kier molecular flexibility index (Phi) is 4.36. The molecular formula is C16H15ClN4S. The lowest BCUT2D eigenvalue weighted by Crippen LogP contribution is -1.99. The van der Waals surface area contributed by atoms with Gasteiger partial charge in [0.15, 0.2) is 0 Å². The van der Waals surface area contributed by atoms with Crippen LogP contribution in [0.15, 0.2) is 35.7 Å². The lowest BCUT2D eigenvalue weighted by atomic mass is 10.1. The van der Waals surface area contributed by atoms with Crippen LogP contribution in [0.1, 0.15) is 17.8 Å². The van der Waals surface area contributed by atoms with E-state index in [0.29, 0.717) is 11.0 Å². The fraction of sp³-hybridized carbons (Fsp3) is 0.188. The van der Waals surface area contributed by atoms with E-state index in [0.717, 1.165) is 34.2 Å². The molecule has 112 valence electrons. The van der Waals surface area contributed by atoms with Crippen molar-refractivity contribution < 1.29 is 0 Å². The summed E-state index contributed by atoms with van der Waals surface area (Å²) in [5.41, 5.74) is 3.06. The standard InChI is InChI=1S/C16H15ClN4S/c1-3-15-20-14(17)8-16(21-15)19-12-6-4-11(5-7-12)13-9-22-10(2)18-13/h4-9H,3H2,1-2H3,(H,19,20,21). The summed E-state index contributed by atoms with van der Waals surface area (Å²) >= 11 is 7.66. The molecule has 22 heavy (non-hydrogen) atoms. The molecule has 0 spiro atoms. The lowest BCUT2D eigenvalue weighted by Gasteiger charge is -2.08. The minimum Gasteiger partial charge on any atom is -0.340 e. The van der Waals surface area contributed by atoms with Gasteiger partial charge in [0.25, 0.3) is 0 Å². The Bertz CT molecular complexity index is 783. The number of nitrogens with zero attached hydrogens (tertiary/aromatic N) is 3. The molecule has 3 rings (SSSR count). The van der Waals surface area contributed by atoms with Crippen molar-refractivity contribution in [3.63, 3.8) is 0 Å². The van der Waals surface area contributed by atoms with E-state index in [1.54, 1.807) is 17.4 Å². The molecule has 0 saturated heterocycles. The van der Waals surface area contributed by atoms with Gasteiger partial charge < -0.3 is 5.32 Å². The van der Waals surface area contributed by atoms with Crippen molar-refractivity contribution in [3.8, 4) is 11.3 Å². The minimum absolute atomic E-state index is 0.448. The summed E-state index contributed by atoms with van der Waals surface area (Å²) in [6.07, 6.45) is 0.747. The molecule has 3 aromatic rings. The van der Waals surface area contributed by atoms with Gasteiger partial charge in [-0.3, -0.25) is 0 Å².